The predicted octanol–water partition coefficient (Wildman–Crippen LogP) is 6.82. The normalized spacial score (nSPS) is 26.8. The molecule has 2 aromatic rings. The van der Waals surface area contributed by atoms with Gasteiger partial charge in [0.2, 0.25) is 0 Å². The Bertz CT molecular complexity index is 1220. The molecule has 3 fully saturated rings. The third-order valence-electron chi connectivity index (χ3n) is 10.4. The smallest absolute Gasteiger partial charge is 0.415 e. The Labute approximate surface area is 250 Å². The number of alkyl carbamates (subject to hydrolysis) is 1. The van der Waals surface area contributed by atoms with Crippen LogP contribution in [-0.2, 0) is 23.2 Å². The third-order valence-corrected chi connectivity index (χ3v) is 10.4. The number of nitrogens with zero attached hydrogens (tertiary/aromatic N) is 2. The summed E-state index contributed by atoms with van der Waals surface area (Å²) in [5.41, 5.74) is 3.22. The van der Waals surface area contributed by atoms with Crippen LogP contribution in [0.5, 0.6) is 5.75 Å². The topological polar surface area (TPSA) is 71.1 Å². The minimum absolute atomic E-state index is 0.0339. The van der Waals surface area contributed by atoms with Crippen LogP contribution >= 0.6 is 0 Å². The molecule has 2 aliphatic heterocycles. The van der Waals surface area contributed by atoms with Crippen molar-refractivity contribution >= 4 is 12.2 Å². The number of carbonyl (C=O) groups excluding carboxylic acids is 2. The van der Waals surface area contributed by atoms with E-state index in [0.29, 0.717) is 17.7 Å². The summed E-state index contributed by atoms with van der Waals surface area (Å²) in [6.07, 6.45) is 11.8. The van der Waals surface area contributed by atoms with Crippen molar-refractivity contribution in [1.29, 1.82) is 0 Å². The molecular weight excluding hydrogens is 526 g/mol. The zero-order valence-electron chi connectivity index (χ0n) is 25.2. The minimum Gasteiger partial charge on any atom is -0.445 e. The summed E-state index contributed by atoms with van der Waals surface area (Å²) in [6.45, 7) is 6.44. The van der Waals surface area contributed by atoms with Gasteiger partial charge in [-0.1, -0.05) is 69.0 Å². The quantitative estimate of drug-likeness (QED) is 0.425. The molecule has 2 heterocycles. The van der Waals surface area contributed by atoms with E-state index in [2.05, 4.69) is 29.3 Å². The molecule has 2 saturated heterocycles. The monoisotopic (exact) mass is 573 g/mol. The number of ether oxygens (including phenoxy) is 2. The van der Waals surface area contributed by atoms with Crippen LogP contribution < -0.4 is 10.1 Å². The molecule has 3 atom stereocenters. The van der Waals surface area contributed by atoms with Crippen LogP contribution in [0.1, 0.15) is 87.8 Å². The number of nitrogens with one attached hydrogen (secondary N) is 1. The van der Waals surface area contributed by atoms with Gasteiger partial charge >= 0.3 is 12.2 Å². The van der Waals surface area contributed by atoms with Crippen molar-refractivity contribution in [1.82, 2.24) is 15.1 Å². The lowest BCUT2D eigenvalue weighted by atomic mass is 9.59. The lowest BCUT2D eigenvalue weighted by molar-refractivity contribution is 0.0877. The number of hydrogen-bond donors (Lipinski definition) is 1. The van der Waals surface area contributed by atoms with Crippen molar-refractivity contribution in [2.45, 2.75) is 102 Å². The van der Waals surface area contributed by atoms with E-state index in [1.807, 2.05) is 41.3 Å². The molecule has 42 heavy (non-hydrogen) atoms. The number of likely N-dealkylation sites (tertiary alicyclic amines) is 2. The molecule has 2 aromatic carbocycles. The van der Waals surface area contributed by atoms with Gasteiger partial charge in [0.05, 0.1) is 0 Å². The average Bonchev–Trinajstić information content (AvgIpc) is 3.02. The maximum absolute atomic E-state index is 13.2. The largest absolute Gasteiger partial charge is 0.445 e. The number of benzene rings is 2. The number of fused-ring (bicyclic) bond motifs is 4. The van der Waals surface area contributed by atoms with Crippen molar-refractivity contribution in [3.05, 3.63) is 65.2 Å². The second-order valence-electron chi connectivity index (χ2n) is 13.2. The molecule has 0 spiro atoms. The van der Waals surface area contributed by atoms with Gasteiger partial charge in [-0.25, -0.2) is 9.59 Å². The second-order valence-corrected chi connectivity index (χ2v) is 13.2. The highest BCUT2D eigenvalue weighted by molar-refractivity contribution is 5.71. The van der Waals surface area contributed by atoms with E-state index in [4.69, 9.17) is 9.47 Å². The Morgan fingerprint density at radius 2 is 1.67 bits per heavy atom. The zero-order valence-corrected chi connectivity index (χ0v) is 25.2. The van der Waals surface area contributed by atoms with Crippen molar-refractivity contribution in [2.75, 3.05) is 26.2 Å². The first-order valence-corrected chi connectivity index (χ1v) is 16.3. The fraction of sp³-hybridized carbons (Fsp3) is 0.600. The van der Waals surface area contributed by atoms with Crippen molar-refractivity contribution in [3.63, 3.8) is 0 Å². The summed E-state index contributed by atoms with van der Waals surface area (Å²) >= 11 is 0. The molecule has 1 saturated carbocycles. The summed E-state index contributed by atoms with van der Waals surface area (Å²) in [7, 11) is 0. The number of carbonyl (C=O) groups is 2. The Morgan fingerprint density at radius 1 is 0.905 bits per heavy atom. The molecule has 7 heteroatoms. The molecule has 6 rings (SSSR count). The Morgan fingerprint density at radius 3 is 2.45 bits per heavy atom. The predicted molar refractivity (Wildman–Crippen MR) is 164 cm³/mol. The molecule has 226 valence electrons. The van der Waals surface area contributed by atoms with Gasteiger partial charge in [-0.3, -0.25) is 0 Å². The Kier molecular flexibility index (Phi) is 9.03. The number of hydrogen-bond acceptors (Lipinski definition) is 5. The number of amides is 2. The first kappa shape index (κ1) is 29.0. The molecule has 2 amide bonds. The summed E-state index contributed by atoms with van der Waals surface area (Å²) in [6, 6.07) is 16.6. The van der Waals surface area contributed by atoms with E-state index in [1.54, 1.807) is 0 Å². The van der Waals surface area contributed by atoms with Crippen molar-refractivity contribution < 1.29 is 19.1 Å². The first-order valence-electron chi connectivity index (χ1n) is 16.3. The SMILES string of the molecule is C[C@@]12CCCCC[C@@H](Cc3ccc(OC(=O)N4CCC(N5CCCCC5)CC4)cc31)[C@@H]2NC(=O)OCc1ccccc1. The van der Waals surface area contributed by atoms with Gasteiger partial charge < -0.3 is 24.6 Å². The van der Waals surface area contributed by atoms with Crippen molar-refractivity contribution in [3.8, 4) is 5.75 Å². The van der Waals surface area contributed by atoms with Crippen LogP contribution in [0.3, 0.4) is 0 Å². The highest BCUT2D eigenvalue weighted by Crippen LogP contribution is 2.47. The van der Waals surface area contributed by atoms with E-state index in [-0.39, 0.29) is 30.3 Å². The molecular formula is C35H47N3O4. The zero-order chi connectivity index (χ0) is 28.9. The van der Waals surface area contributed by atoms with Gasteiger partial charge in [0, 0.05) is 30.6 Å². The van der Waals surface area contributed by atoms with Gasteiger partial charge in [0.25, 0.3) is 0 Å². The second kappa shape index (κ2) is 13.1. The lowest BCUT2D eigenvalue weighted by Crippen LogP contribution is -2.57. The molecule has 7 nitrogen and oxygen atoms in total. The molecule has 0 aromatic heterocycles. The van der Waals surface area contributed by atoms with Crippen molar-refractivity contribution in [2.24, 2.45) is 5.92 Å². The lowest BCUT2D eigenvalue weighted by Gasteiger charge is -2.49. The molecule has 0 radical (unpaired) electrons. The highest BCUT2D eigenvalue weighted by atomic mass is 16.6. The summed E-state index contributed by atoms with van der Waals surface area (Å²) in [4.78, 5) is 30.8. The van der Waals surface area contributed by atoms with Crippen LogP contribution in [0.2, 0.25) is 0 Å². The van der Waals surface area contributed by atoms with E-state index >= 15 is 0 Å². The van der Waals surface area contributed by atoms with Crippen LogP contribution in [-0.4, -0.2) is 60.2 Å². The summed E-state index contributed by atoms with van der Waals surface area (Å²) in [5.74, 6) is 0.950. The van der Waals surface area contributed by atoms with E-state index < -0.39 is 0 Å². The van der Waals surface area contributed by atoms with Gasteiger partial charge in [-0.05, 0) is 92.8 Å². The maximum Gasteiger partial charge on any atom is 0.415 e. The van der Waals surface area contributed by atoms with Crippen LogP contribution in [0.15, 0.2) is 48.5 Å². The fourth-order valence-corrected chi connectivity index (χ4v) is 8.08. The standard InChI is InChI=1S/C35H47N3O4/c1-35-18-8-3-7-13-28(32(35)36-33(39)41-25-26-11-5-2-6-12-26)23-27-14-15-30(24-31(27)35)42-34(40)38-21-16-29(17-22-38)37-19-9-4-10-20-37/h2,5-6,11-12,14-15,24,28-29,32H,3-4,7-10,13,16-23,25H2,1H3,(H,36,39)/t28-,32-,35+/m0/s1. The number of piperidine rings is 2. The Hall–Kier alpha value is -3.06. The van der Waals surface area contributed by atoms with Gasteiger partial charge in [-0.2, -0.15) is 0 Å². The molecule has 1 N–H and O–H groups in total. The fourth-order valence-electron chi connectivity index (χ4n) is 8.08. The minimum atomic E-state index is -0.361. The molecule has 2 aliphatic carbocycles. The van der Waals surface area contributed by atoms with Crippen LogP contribution in [0, 0.1) is 5.92 Å². The van der Waals surface area contributed by atoms with Crippen LogP contribution in [0.4, 0.5) is 9.59 Å². The van der Waals surface area contributed by atoms with Crippen LogP contribution in [0.25, 0.3) is 0 Å². The molecule has 4 aliphatic rings. The van der Waals surface area contributed by atoms with E-state index in [9.17, 15) is 9.59 Å². The summed E-state index contributed by atoms with van der Waals surface area (Å²) < 4.78 is 11.7. The van der Waals surface area contributed by atoms with E-state index in [1.165, 1.54) is 56.3 Å². The summed E-state index contributed by atoms with van der Waals surface area (Å²) in [5, 5.41) is 3.30. The highest BCUT2D eigenvalue weighted by Gasteiger charge is 2.47. The van der Waals surface area contributed by atoms with Gasteiger partial charge in [0.15, 0.2) is 0 Å². The van der Waals surface area contributed by atoms with E-state index in [0.717, 1.165) is 57.2 Å². The maximum atomic E-state index is 13.2. The first-order chi connectivity index (χ1) is 20.5. The third kappa shape index (κ3) is 6.46. The van der Waals surface area contributed by atoms with Gasteiger partial charge in [0.1, 0.15) is 12.4 Å². The van der Waals surface area contributed by atoms with Gasteiger partial charge in [-0.15, -0.1) is 0 Å². The Balaban J connectivity index is 1.13. The number of rotatable bonds is 5. The molecule has 0 unspecified atom stereocenters. The average molecular weight is 574 g/mol. The molecule has 2 bridgehead atoms.